The molecule has 1 aromatic carbocycles. The standard InChI is InChI=1S/C11H10ClNO3/c12-8-4-3-5-9(10(8)11(14)15)16-7-2-1-6-13/h3-5H,1-2,7H2,(H,14,15). The lowest BCUT2D eigenvalue weighted by Gasteiger charge is -2.09. The highest BCUT2D eigenvalue weighted by molar-refractivity contribution is 6.33. The molecular formula is C11H10ClNO3. The van der Waals surface area contributed by atoms with Crippen LogP contribution < -0.4 is 4.74 Å². The summed E-state index contributed by atoms with van der Waals surface area (Å²) in [6, 6.07) is 6.64. The monoisotopic (exact) mass is 239 g/mol. The SMILES string of the molecule is N#CCCCOc1cccc(Cl)c1C(=O)O. The van der Waals surface area contributed by atoms with E-state index in [9.17, 15) is 4.79 Å². The third-order valence-electron chi connectivity index (χ3n) is 1.88. The van der Waals surface area contributed by atoms with Crippen LogP contribution in [0.5, 0.6) is 5.75 Å². The number of carboxylic acid groups (broad SMARTS) is 1. The summed E-state index contributed by atoms with van der Waals surface area (Å²) in [5, 5.41) is 17.4. The molecule has 0 unspecified atom stereocenters. The Kier molecular flexibility index (Phi) is 4.62. The van der Waals surface area contributed by atoms with E-state index in [1.54, 1.807) is 12.1 Å². The van der Waals surface area contributed by atoms with E-state index in [0.717, 1.165) is 0 Å². The first-order valence-corrected chi connectivity index (χ1v) is 5.06. The van der Waals surface area contributed by atoms with Crippen molar-refractivity contribution in [1.82, 2.24) is 0 Å². The second-order valence-corrected chi connectivity index (χ2v) is 3.44. The van der Waals surface area contributed by atoms with Gasteiger partial charge in [-0.25, -0.2) is 4.79 Å². The Morgan fingerprint density at radius 3 is 2.94 bits per heavy atom. The van der Waals surface area contributed by atoms with Crippen LogP contribution in [0.25, 0.3) is 0 Å². The van der Waals surface area contributed by atoms with Crippen molar-refractivity contribution in [2.75, 3.05) is 6.61 Å². The minimum atomic E-state index is -1.12. The fraction of sp³-hybridized carbons (Fsp3) is 0.273. The van der Waals surface area contributed by atoms with Crippen LogP contribution in [0.15, 0.2) is 18.2 Å². The first-order valence-electron chi connectivity index (χ1n) is 4.68. The molecular weight excluding hydrogens is 230 g/mol. The average Bonchev–Trinajstić information content (AvgIpc) is 2.24. The maximum absolute atomic E-state index is 10.9. The second kappa shape index (κ2) is 5.99. The lowest BCUT2D eigenvalue weighted by atomic mass is 10.2. The van der Waals surface area contributed by atoms with Gasteiger partial charge in [-0.3, -0.25) is 0 Å². The number of halogens is 1. The Morgan fingerprint density at radius 2 is 2.31 bits per heavy atom. The molecule has 0 amide bonds. The molecule has 0 atom stereocenters. The summed E-state index contributed by atoms with van der Waals surface area (Å²) in [6.07, 6.45) is 0.936. The average molecular weight is 240 g/mol. The van der Waals surface area contributed by atoms with E-state index in [1.807, 2.05) is 6.07 Å². The van der Waals surface area contributed by atoms with Gasteiger partial charge in [0, 0.05) is 6.42 Å². The maximum Gasteiger partial charge on any atom is 0.341 e. The lowest BCUT2D eigenvalue weighted by molar-refractivity contribution is 0.0692. The summed E-state index contributed by atoms with van der Waals surface area (Å²) >= 11 is 5.75. The number of carbonyl (C=O) groups is 1. The van der Waals surface area contributed by atoms with Gasteiger partial charge < -0.3 is 9.84 Å². The zero-order valence-electron chi connectivity index (χ0n) is 8.44. The summed E-state index contributed by atoms with van der Waals surface area (Å²) < 4.78 is 5.26. The van der Waals surface area contributed by atoms with E-state index in [4.69, 9.17) is 26.7 Å². The number of hydrogen-bond acceptors (Lipinski definition) is 3. The maximum atomic E-state index is 10.9. The van der Waals surface area contributed by atoms with E-state index >= 15 is 0 Å². The van der Waals surface area contributed by atoms with Crippen LogP contribution in [0.4, 0.5) is 0 Å². The van der Waals surface area contributed by atoms with E-state index in [2.05, 4.69) is 0 Å². The van der Waals surface area contributed by atoms with Crippen molar-refractivity contribution >= 4 is 17.6 Å². The fourth-order valence-electron chi connectivity index (χ4n) is 1.17. The number of benzene rings is 1. The topological polar surface area (TPSA) is 70.3 Å². The van der Waals surface area contributed by atoms with Gasteiger partial charge in [-0.15, -0.1) is 0 Å². The van der Waals surface area contributed by atoms with Crippen LogP contribution in [-0.2, 0) is 0 Å². The Bertz CT molecular complexity index is 426. The van der Waals surface area contributed by atoms with E-state index in [0.29, 0.717) is 19.4 Å². The van der Waals surface area contributed by atoms with E-state index in [-0.39, 0.29) is 16.3 Å². The molecule has 0 aromatic heterocycles. The van der Waals surface area contributed by atoms with Crippen molar-refractivity contribution in [1.29, 1.82) is 5.26 Å². The molecule has 1 aromatic rings. The Balaban J connectivity index is 2.76. The minimum Gasteiger partial charge on any atom is -0.493 e. The summed E-state index contributed by atoms with van der Waals surface area (Å²) in [7, 11) is 0. The number of nitrogens with zero attached hydrogens (tertiary/aromatic N) is 1. The van der Waals surface area contributed by atoms with E-state index < -0.39 is 5.97 Å². The van der Waals surface area contributed by atoms with Crippen LogP contribution in [0.1, 0.15) is 23.2 Å². The van der Waals surface area contributed by atoms with Crippen molar-refractivity contribution in [2.24, 2.45) is 0 Å². The smallest absolute Gasteiger partial charge is 0.341 e. The van der Waals surface area contributed by atoms with Gasteiger partial charge >= 0.3 is 5.97 Å². The molecule has 0 aliphatic carbocycles. The molecule has 0 spiro atoms. The van der Waals surface area contributed by atoms with Crippen LogP contribution >= 0.6 is 11.6 Å². The van der Waals surface area contributed by atoms with Crippen molar-refractivity contribution in [3.63, 3.8) is 0 Å². The number of nitriles is 1. The number of unbranched alkanes of at least 4 members (excludes halogenated alkanes) is 1. The Morgan fingerprint density at radius 1 is 1.56 bits per heavy atom. The normalized spacial score (nSPS) is 9.50. The molecule has 0 bridgehead atoms. The number of ether oxygens (including phenoxy) is 1. The predicted octanol–water partition coefficient (Wildman–Crippen LogP) is 2.72. The van der Waals surface area contributed by atoms with Crippen molar-refractivity contribution in [3.8, 4) is 11.8 Å². The fourth-order valence-corrected chi connectivity index (χ4v) is 1.41. The van der Waals surface area contributed by atoms with Crippen LogP contribution in [0.2, 0.25) is 5.02 Å². The molecule has 0 aliphatic heterocycles. The molecule has 1 rings (SSSR count). The van der Waals surface area contributed by atoms with Crippen LogP contribution in [-0.4, -0.2) is 17.7 Å². The molecule has 0 radical (unpaired) electrons. The van der Waals surface area contributed by atoms with Gasteiger partial charge in [-0.05, 0) is 18.6 Å². The quantitative estimate of drug-likeness (QED) is 0.802. The highest BCUT2D eigenvalue weighted by Gasteiger charge is 2.15. The number of carboxylic acids is 1. The van der Waals surface area contributed by atoms with Gasteiger partial charge in [0.05, 0.1) is 17.7 Å². The molecule has 0 saturated heterocycles. The zero-order valence-corrected chi connectivity index (χ0v) is 9.20. The third kappa shape index (κ3) is 3.14. The molecule has 4 nitrogen and oxygen atoms in total. The molecule has 84 valence electrons. The van der Waals surface area contributed by atoms with Gasteiger partial charge in [-0.2, -0.15) is 5.26 Å². The largest absolute Gasteiger partial charge is 0.493 e. The van der Waals surface area contributed by atoms with Crippen molar-refractivity contribution < 1.29 is 14.6 Å². The molecule has 16 heavy (non-hydrogen) atoms. The van der Waals surface area contributed by atoms with Gasteiger partial charge in [0.1, 0.15) is 11.3 Å². The number of rotatable bonds is 5. The zero-order chi connectivity index (χ0) is 12.0. The Labute approximate surface area is 98.0 Å². The highest BCUT2D eigenvalue weighted by Crippen LogP contribution is 2.26. The molecule has 1 N–H and O–H groups in total. The van der Waals surface area contributed by atoms with Crippen LogP contribution in [0, 0.1) is 11.3 Å². The third-order valence-corrected chi connectivity index (χ3v) is 2.19. The summed E-state index contributed by atoms with van der Waals surface area (Å²) in [6.45, 7) is 0.300. The minimum absolute atomic E-state index is 0.0406. The molecule has 0 fully saturated rings. The first-order chi connectivity index (χ1) is 7.66. The summed E-state index contributed by atoms with van der Waals surface area (Å²) in [5.41, 5.74) is -0.0406. The lowest BCUT2D eigenvalue weighted by Crippen LogP contribution is -2.05. The van der Waals surface area contributed by atoms with Crippen molar-refractivity contribution in [2.45, 2.75) is 12.8 Å². The van der Waals surface area contributed by atoms with Gasteiger partial charge in [-0.1, -0.05) is 17.7 Å². The molecule has 5 heteroatoms. The van der Waals surface area contributed by atoms with Gasteiger partial charge in [0.15, 0.2) is 0 Å². The molecule has 0 heterocycles. The van der Waals surface area contributed by atoms with Gasteiger partial charge in [0.25, 0.3) is 0 Å². The first kappa shape index (κ1) is 12.3. The van der Waals surface area contributed by atoms with Crippen molar-refractivity contribution in [3.05, 3.63) is 28.8 Å². The Hall–Kier alpha value is -1.73. The predicted molar refractivity (Wildman–Crippen MR) is 58.8 cm³/mol. The second-order valence-electron chi connectivity index (χ2n) is 3.03. The number of hydrogen-bond donors (Lipinski definition) is 1. The molecule has 0 aliphatic rings. The van der Waals surface area contributed by atoms with E-state index in [1.165, 1.54) is 6.07 Å². The van der Waals surface area contributed by atoms with Gasteiger partial charge in [0.2, 0.25) is 0 Å². The summed E-state index contributed by atoms with van der Waals surface area (Å²) in [5.74, 6) is -0.890. The number of aromatic carboxylic acids is 1. The highest BCUT2D eigenvalue weighted by atomic mass is 35.5. The summed E-state index contributed by atoms with van der Waals surface area (Å²) in [4.78, 5) is 10.9. The molecule has 0 saturated carbocycles. The van der Waals surface area contributed by atoms with Crippen LogP contribution in [0.3, 0.4) is 0 Å².